The summed E-state index contributed by atoms with van der Waals surface area (Å²) in [5.41, 5.74) is 0.879. The molecule has 1 aliphatic rings. The predicted molar refractivity (Wildman–Crippen MR) is 114 cm³/mol. The Kier molecular flexibility index (Phi) is 11.3. The highest BCUT2D eigenvalue weighted by molar-refractivity contribution is 5.81. The second kappa shape index (κ2) is 14.3. The molecule has 0 spiro atoms. The molecule has 32 heavy (non-hydrogen) atoms. The fraction of sp³-hybridized carbons (Fsp3) is 0.545. The average Bonchev–Trinajstić information content (AvgIpc) is 2.78. The van der Waals surface area contributed by atoms with Crippen molar-refractivity contribution in [3.8, 4) is 0 Å². The first-order valence-electron chi connectivity index (χ1n) is 10.9. The van der Waals surface area contributed by atoms with Gasteiger partial charge in [0.1, 0.15) is 12.8 Å². The zero-order valence-electron chi connectivity index (χ0n) is 18.1. The van der Waals surface area contributed by atoms with E-state index in [2.05, 4.69) is 10.6 Å². The first-order valence-corrected chi connectivity index (χ1v) is 10.9. The molecule has 1 saturated heterocycles. The summed E-state index contributed by atoms with van der Waals surface area (Å²) < 4.78 is 13.9. The number of carbonyl (C=O) groups excluding carboxylic acids is 4. The number of nitrogens with zero attached hydrogens (tertiary/aromatic N) is 2. The zero-order valence-corrected chi connectivity index (χ0v) is 18.1. The van der Waals surface area contributed by atoms with Crippen LogP contribution >= 0.6 is 0 Å². The molecule has 0 aromatic heterocycles. The highest BCUT2D eigenvalue weighted by atomic mass is 19.2. The van der Waals surface area contributed by atoms with Crippen LogP contribution in [0.4, 0.5) is 4.48 Å². The second-order valence-electron chi connectivity index (χ2n) is 7.62. The SMILES string of the molecule is O=CC(Cc1ccccc1)NC(=O)CN(F)CNC(=O)CCCCCN1OCCCC1=O. The molecule has 2 N–H and O–H groups in total. The van der Waals surface area contributed by atoms with Crippen molar-refractivity contribution in [2.75, 3.05) is 26.4 Å². The molecule has 1 aromatic rings. The fourth-order valence-electron chi connectivity index (χ4n) is 3.23. The minimum absolute atomic E-state index is 0.0133. The summed E-state index contributed by atoms with van der Waals surface area (Å²) in [7, 11) is 0. The maximum absolute atomic E-state index is 13.9. The van der Waals surface area contributed by atoms with E-state index in [1.54, 1.807) is 0 Å². The third-order valence-corrected chi connectivity index (χ3v) is 4.90. The maximum atomic E-state index is 13.9. The van der Waals surface area contributed by atoms with Crippen LogP contribution < -0.4 is 10.6 Å². The Bertz CT molecular complexity index is 749. The number of aldehydes is 1. The van der Waals surface area contributed by atoms with E-state index in [0.717, 1.165) is 24.8 Å². The van der Waals surface area contributed by atoms with E-state index >= 15 is 0 Å². The third-order valence-electron chi connectivity index (χ3n) is 4.90. The third kappa shape index (κ3) is 9.97. The van der Waals surface area contributed by atoms with Crippen LogP contribution in [0.25, 0.3) is 0 Å². The molecule has 1 unspecified atom stereocenters. The van der Waals surface area contributed by atoms with Gasteiger partial charge in [0, 0.05) is 19.4 Å². The summed E-state index contributed by atoms with van der Waals surface area (Å²) in [6, 6.07) is 8.42. The summed E-state index contributed by atoms with van der Waals surface area (Å²) in [4.78, 5) is 51.9. The van der Waals surface area contributed by atoms with E-state index in [-0.39, 0.29) is 23.4 Å². The molecule has 176 valence electrons. The normalized spacial score (nSPS) is 14.8. The van der Waals surface area contributed by atoms with Gasteiger partial charge in [0.25, 0.3) is 0 Å². The Morgan fingerprint density at radius 3 is 2.69 bits per heavy atom. The summed E-state index contributed by atoms with van der Waals surface area (Å²) in [5, 5.41) is 6.45. The van der Waals surface area contributed by atoms with Gasteiger partial charge in [0.05, 0.1) is 19.3 Å². The van der Waals surface area contributed by atoms with E-state index in [4.69, 9.17) is 4.84 Å². The van der Waals surface area contributed by atoms with E-state index in [9.17, 15) is 23.7 Å². The van der Waals surface area contributed by atoms with Crippen molar-refractivity contribution >= 4 is 24.0 Å². The molecule has 10 heteroatoms. The van der Waals surface area contributed by atoms with Gasteiger partial charge in [0.2, 0.25) is 17.7 Å². The Balaban J connectivity index is 1.54. The Morgan fingerprint density at radius 1 is 1.19 bits per heavy atom. The molecule has 1 heterocycles. The number of rotatable bonds is 14. The summed E-state index contributed by atoms with van der Waals surface area (Å²) in [6.45, 7) is 0.0324. The van der Waals surface area contributed by atoms with E-state index in [1.165, 1.54) is 5.06 Å². The first kappa shape index (κ1) is 25.4. The smallest absolute Gasteiger partial charge is 0.246 e. The van der Waals surface area contributed by atoms with Gasteiger partial charge in [-0.2, -0.15) is 0 Å². The fourth-order valence-corrected chi connectivity index (χ4v) is 3.23. The molecule has 0 bridgehead atoms. The van der Waals surface area contributed by atoms with Crippen molar-refractivity contribution in [3.63, 3.8) is 0 Å². The predicted octanol–water partition coefficient (Wildman–Crippen LogP) is 1.29. The number of carbonyl (C=O) groups is 4. The van der Waals surface area contributed by atoms with Gasteiger partial charge < -0.3 is 15.4 Å². The molecule has 1 atom stereocenters. The average molecular weight is 451 g/mol. The van der Waals surface area contributed by atoms with E-state index in [1.807, 2.05) is 30.3 Å². The number of halogens is 1. The Hall–Kier alpha value is -2.85. The number of hydroxylamine groups is 2. The van der Waals surface area contributed by atoms with Gasteiger partial charge in [-0.05, 0) is 31.2 Å². The lowest BCUT2D eigenvalue weighted by Gasteiger charge is -2.25. The molecule has 1 aromatic carbocycles. The van der Waals surface area contributed by atoms with Crippen LogP contribution in [0.15, 0.2) is 30.3 Å². The first-order chi connectivity index (χ1) is 15.5. The standard InChI is InChI=1S/C22H31FN4O5/c23-26(15-21(30)25-19(16-28)14-18-8-3-1-4-9-18)17-24-20(29)10-5-2-6-12-27-22(31)11-7-13-32-27/h1,3-4,8-9,16,19H,2,5-7,10-15,17H2,(H,24,29)(H,25,30). The highest BCUT2D eigenvalue weighted by Crippen LogP contribution is 2.10. The number of nitrogens with one attached hydrogen (secondary N) is 2. The van der Waals surface area contributed by atoms with E-state index < -0.39 is 25.2 Å². The molecule has 0 radical (unpaired) electrons. The van der Waals surface area contributed by atoms with Crippen molar-refractivity contribution in [3.05, 3.63) is 35.9 Å². The topological polar surface area (TPSA) is 108 Å². The quantitative estimate of drug-likeness (QED) is 0.191. The van der Waals surface area contributed by atoms with Crippen molar-refractivity contribution in [1.82, 2.24) is 20.8 Å². The molecule has 0 saturated carbocycles. The van der Waals surface area contributed by atoms with Crippen molar-refractivity contribution < 1.29 is 28.5 Å². The second-order valence-corrected chi connectivity index (χ2v) is 7.62. The molecule has 2 rings (SSSR count). The van der Waals surface area contributed by atoms with Crippen molar-refractivity contribution in [2.24, 2.45) is 0 Å². The monoisotopic (exact) mass is 450 g/mol. The lowest BCUT2D eigenvalue weighted by atomic mass is 10.1. The van der Waals surface area contributed by atoms with Gasteiger partial charge in [0.15, 0.2) is 0 Å². The lowest BCUT2D eigenvalue weighted by Crippen LogP contribution is -2.44. The number of hydrogen-bond acceptors (Lipinski definition) is 6. The Morgan fingerprint density at radius 2 is 1.97 bits per heavy atom. The van der Waals surface area contributed by atoms with Gasteiger partial charge in [-0.1, -0.05) is 36.8 Å². The van der Waals surface area contributed by atoms with Crippen LogP contribution in [0.3, 0.4) is 0 Å². The molecular formula is C22H31FN4O5. The minimum atomic E-state index is -0.751. The van der Waals surface area contributed by atoms with Crippen LogP contribution in [0.5, 0.6) is 0 Å². The van der Waals surface area contributed by atoms with Crippen molar-refractivity contribution in [2.45, 2.75) is 51.0 Å². The molecule has 3 amide bonds. The zero-order chi connectivity index (χ0) is 23.2. The largest absolute Gasteiger partial charge is 0.345 e. The number of hydrogen-bond donors (Lipinski definition) is 2. The minimum Gasteiger partial charge on any atom is -0.345 e. The van der Waals surface area contributed by atoms with Gasteiger partial charge in [-0.3, -0.25) is 19.2 Å². The molecule has 9 nitrogen and oxygen atoms in total. The number of amides is 3. The van der Waals surface area contributed by atoms with Gasteiger partial charge in [-0.15, -0.1) is 9.60 Å². The summed E-state index contributed by atoms with van der Waals surface area (Å²) >= 11 is 0. The van der Waals surface area contributed by atoms with E-state index in [0.29, 0.717) is 38.7 Å². The highest BCUT2D eigenvalue weighted by Gasteiger charge is 2.18. The maximum Gasteiger partial charge on any atom is 0.246 e. The Labute approximate surface area is 187 Å². The molecule has 1 fully saturated rings. The molecule has 0 aliphatic carbocycles. The van der Waals surface area contributed by atoms with Crippen LogP contribution in [-0.4, -0.2) is 66.6 Å². The molecular weight excluding hydrogens is 419 g/mol. The van der Waals surface area contributed by atoms with Crippen molar-refractivity contribution in [1.29, 1.82) is 0 Å². The van der Waals surface area contributed by atoms with Gasteiger partial charge in [-0.25, -0.2) is 5.06 Å². The van der Waals surface area contributed by atoms with Crippen LogP contribution in [0.1, 0.15) is 44.1 Å². The van der Waals surface area contributed by atoms with Gasteiger partial charge >= 0.3 is 0 Å². The lowest BCUT2D eigenvalue weighted by molar-refractivity contribution is -0.198. The number of unbranched alkanes of at least 4 members (excludes halogenated alkanes) is 2. The van der Waals surface area contributed by atoms with Crippen LogP contribution in [-0.2, 0) is 30.4 Å². The number of benzene rings is 1. The summed E-state index contributed by atoms with van der Waals surface area (Å²) in [6.07, 6.45) is 4.45. The summed E-state index contributed by atoms with van der Waals surface area (Å²) in [5.74, 6) is -0.988. The van der Waals surface area contributed by atoms with Crippen LogP contribution in [0.2, 0.25) is 0 Å². The molecule has 1 aliphatic heterocycles. The van der Waals surface area contributed by atoms with Crippen LogP contribution in [0, 0.1) is 0 Å².